The van der Waals surface area contributed by atoms with Crippen molar-refractivity contribution in [1.82, 2.24) is 9.78 Å². The first-order chi connectivity index (χ1) is 10.3. The van der Waals surface area contributed by atoms with Crippen LogP contribution in [-0.2, 0) is 4.79 Å². The fourth-order valence-corrected chi connectivity index (χ4v) is 1.97. The minimum atomic E-state index is -4.33. The van der Waals surface area contributed by atoms with Crippen LogP contribution in [0.1, 0.15) is 31.4 Å². The summed E-state index contributed by atoms with van der Waals surface area (Å²) in [6.07, 6.45) is -4.40. The first-order valence-corrected chi connectivity index (χ1v) is 6.82. The van der Waals surface area contributed by atoms with Crippen molar-refractivity contribution in [2.24, 2.45) is 0 Å². The van der Waals surface area contributed by atoms with Gasteiger partial charge in [-0.15, -0.1) is 0 Å². The molecule has 0 aliphatic carbocycles. The van der Waals surface area contributed by atoms with Gasteiger partial charge in [-0.2, -0.15) is 18.3 Å². The monoisotopic (exact) mass is 311 g/mol. The van der Waals surface area contributed by atoms with Crippen LogP contribution in [0.15, 0.2) is 42.6 Å². The number of hydrogen-bond acceptors (Lipinski definition) is 2. The van der Waals surface area contributed by atoms with Gasteiger partial charge in [-0.25, -0.2) is 0 Å². The largest absolute Gasteiger partial charge is 0.389 e. The number of hydrogen-bond donors (Lipinski definition) is 1. The topological polar surface area (TPSA) is 46.9 Å². The van der Waals surface area contributed by atoms with Crippen LogP contribution in [-0.4, -0.2) is 21.9 Å². The molecule has 22 heavy (non-hydrogen) atoms. The Labute approximate surface area is 125 Å². The van der Waals surface area contributed by atoms with Crippen LogP contribution in [0, 0.1) is 0 Å². The second kappa shape index (κ2) is 6.64. The fraction of sp³-hybridized carbons (Fsp3) is 0.333. The van der Waals surface area contributed by atoms with E-state index in [1.807, 2.05) is 37.3 Å². The molecule has 2 aromatic rings. The van der Waals surface area contributed by atoms with Crippen LogP contribution in [0.5, 0.6) is 0 Å². The average Bonchev–Trinajstić information content (AvgIpc) is 2.93. The summed E-state index contributed by atoms with van der Waals surface area (Å²) in [7, 11) is 0. The second-order valence-electron chi connectivity index (χ2n) is 4.93. The van der Waals surface area contributed by atoms with Crippen molar-refractivity contribution in [1.29, 1.82) is 0 Å². The van der Waals surface area contributed by atoms with Crippen molar-refractivity contribution < 1.29 is 18.0 Å². The van der Waals surface area contributed by atoms with Gasteiger partial charge in [0.25, 0.3) is 0 Å². The van der Waals surface area contributed by atoms with Gasteiger partial charge in [0, 0.05) is 18.7 Å². The second-order valence-corrected chi connectivity index (χ2v) is 4.93. The van der Waals surface area contributed by atoms with Gasteiger partial charge in [0.15, 0.2) is 5.82 Å². The predicted octanol–water partition coefficient (Wildman–Crippen LogP) is 3.77. The van der Waals surface area contributed by atoms with Gasteiger partial charge in [0.05, 0.1) is 12.5 Å². The number of amides is 1. The molecule has 0 aliphatic rings. The molecule has 1 heterocycles. The van der Waals surface area contributed by atoms with E-state index in [2.05, 4.69) is 10.4 Å². The molecular formula is C15H16F3N3O. The zero-order valence-corrected chi connectivity index (χ0v) is 12.0. The van der Waals surface area contributed by atoms with E-state index in [0.717, 1.165) is 5.56 Å². The maximum atomic E-state index is 12.1. The van der Waals surface area contributed by atoms with Gasteiger partial charge >= 0.3 is 6.18 Å². The zero-order valence-electron chi connectivity index (χ0n) is 12.0. The lowest BCUT2D eigenvalue weighted by molar-refractivity contribution is -0.142. The Morgan fingerprint density at radius 3 is 2.59 bits per heavy atom. The number of benzene rings is 1. The van der Waals surface area contributed by atoms with Crippen LogP contribution in [0.25, 0.3) is 0 Å². The molecule has 0 fully saturated rings. The summed E-state index contributed by atoms with van der Waals surface area (Å²) in [5.74, 6) is -0.454. The summed E-state index contributed by atoms with van der Waals surface area (Å²) in [4.78, 5) is 11.4. The molecule has 1 N–H and O–H groups in total. The maximum Gasteiger partial charge on any atom is 0.389 e. The van der Waals surface area contributed by atoms with Crippen molar-refractivity contribution in [3.05, 3.63) is 48.2 Å². The molecule has 0 radical (unpaired) electrons. The van der Waals surface area contributed by atoms with E-state index in [-0.39, 0.29) is 11.9 Å². The molecule has 1 aromatic heterocycles. The summed E-state index contributed by atoms with van der Waals surface area (Å²) in [6, 6.07) is 11.2. The summed E-state index contributed by atoms with van der Waals surface area (Å²) in [5.41, 5.74) is 1.04. The molecule has 7 heteroatoms. The lowest BCUT2D eigenvalue weighted by Crippen LogP contribution is -2.17. The van der Waals surface area contributed by atoms with Gasteiger partial charge in [0.1, 0.15) is 0 Å². The molecule has 1 aromatic carbocycles. The standard InChI is InChI=1S/C15H16F3N3O/c1-11(12-5-3-2-4-6-12)21-10-8-13(20-21)19-14(22)7-9-15(16,17)18/h2-6,8,10-11H,7,9H2,1H3,(H,19,20,22). The summed E-state index contributed by atoms with van der Waals surface area (Å²) >= 11 is 0. The van der Waals surface area contributed by atoms with Crippen molar-refractivity contribution >= 4 is 11.7 Å². The lowest BCUT2D eigenvalue weighted by atomic mass is 10.1. The predicted molar refractivity (Wildman–Crippen MR) is 76.4 cm³/mol. The number of anilines is 1. The van der Waals surface area contributed by atoms with Crippen molar-refractivity contribution in [2.75, 3.05) is 5.32 Å². The molecule has 0 bridgehead atoms. The number of carbonyl (C=O) groups is 1. The third-order valence-corrected chi connectivity index (χ3v) is 3.19. The number of alkyl halides is 3. The van der Waals surface area contributed by atoms with Crippen molar-refractivity contribution in [2.45, 2.75) is 32.0 Å². The van der Waals surface area contributed by atoms with Crippen LogP contribution < -0.4 is 5.32 Å². The number of halogens is 3. The molecule has 0 spiro atoms. The lowest BCUT2D eigenvalue weighted by Gasteiger charge is -2.12. The fourth-order valence-electron chi connectivity index (χ4n) is 1.97. The van der Waals surface area contributed by atoms with E-state index in [9.17, 15) is 18.0 Å². The Morgan fingerprint density at radius 1 is 1.27 bits per heavy atom. The Bertz CT molecular complexity index is 622. The highest BCUT2D eigenvalue weighted by Gasteiger charge is 2.28. The summed E-state index contributed by atoms with van der Waals surface area (Å²) in [5, 5.41) is 6.54. The Morgan fingerprint density at radius 2 is 1.95 bits per heavy atom. The van der Waals surface area contributed by atoms with E-state index < -0.39 is 24.9 Å². The zero-order chi connectivity index (χ0) is 16.2. The van der Waals surface area contributed by atoms with Gasteiger partial charge in [-0.1, -0.05) is 30.3 Å². The summed E-state index contributed by atoms with van der Waals surface area (Å²) in [6.45, 7) is 1.94. The third kappa shape index (κ3) is 4.61. The van der Waals surface area contributed by atoms with Crippen molar-refractivity contribution in [3.8, 4) is 0 Å². The summed E-state index contributed by atoms with van der Waals surface area (Å²) < 4.78 is 37.8. The Hall–Kier alpha value is -2.31. The van der Waals surface area contributed by atoms with Gasteiger partial charge in [-0.05, 0) is 12.5 Å². The normalized spacial score (nSPS) is 12.9. The molecule has 1 atom stereocenters. The molecule has 0 saturated carbocycles. The highest BCUT2D eigenvalue weighted by Crippen LogP contribution is 2.22. The van der Waals surface area contributed by atoms with Gasteiger partial charge in [0.2, 0.25) is 5.91 Å². The number of nitrogens with zero attached hydrogens (tertiary/aromatic N) is 2. The molecular weight excluding hydrogens is 295 g/mol. The minimum absolute atomic E-state index is 0.0398. The van der Waals surface area contributed by atoms with Gasteiger partial charge in [-0.3, -0.25) is 9.48 Å². The Kier molecular flexibility index (Phi) is 4.85. The van der Waals surface area contributed by atoms with Gasteiger partial charge < -0.3 is 5.32 Å². The molecule has 4 nitrogen and oxygen atoms in total. The SMILES string of the molecule is CC(c1ccccc1)n1ccc(NC(=O)CCC(F)(F)F)n1. The van der Waals surface area contributed by atoms with Crippen molar-refractivity contribution in [3.63, 3.8) is 0 Å². The highest BCUT2D eigenvalue weighted by molar-refractivity contribution is 5.89. The molecule has 0 aliphatic heterocycles. The quantitative estimate of drug-likeness (QED) is 0.913. The number of nitrogens with one attached hydrogen (secondary N) is 1. The smallest absolute Gasteiger partial charge is 0.309 e. The molecule has 1 amide bonds. The molecule has 118 valence electrons. The van der Waals surface area contributed by atoms with E-state index in [1.54, 1.807) is 16.9 Å². The minimum Gasteiger partial charge on any atom is -0.309 e. The molecule has 2 rings (SSSR count). The van der Waals surface area contributed by atoms with Crippen LogP contribution in [0.4, 0.5) is 19.0 Å². The molecule has 0 saturated heterocycles. The number of carbonyl (C=O) groups excluding carboxylic acids is 1. The maximum absolute atomic E-state index is 12.1. The average molecular weight is 311 g/mol. The molecule has 1 unspecified atom stereocenters. The van der Waals surface area contributed by atoms with E-state index >= 15 is 0 Å². The Balaban J connectivity index is 1.95. The van der Waals surface area contributed by atoms with Crippen LogP contribution in [0.2, 0.25) is 0 Å². The van der Waals surface area contributed by atoms with E-state index in [0.29, 0.717) is 0 Å². The first-order valence-electron chi connectivity index (χ1n) is 6.82. The highest BCUT2D eigenvalue weighted by atomic mass is 19.4. The first kappa shape index (κ1) is 16.1. The van der Waals surface area contributed by atoms with Crippen LogP contribution in [0.3, 0.4) is 0 Å². The van der Waals surface area contributed by atoms with E-state index in [1.165, 1.54) is 0 Å². The third-order valence-electron chi connectivity index (χ3n) is 3.19. The number of rotatable bonds is 5. The van der Waals surface area contributed by atoms with Crippen LogP contribution >= 0.6 is 0 Å². The van der Waals surface area contributed by atoms with E-state index in [4.69, 9.17) is 0 Å². The number of aromatic nitrogens is 2.